The molecule has 0 aliphatic carbocycles. The molecule has 1 atom stereocenters. The van der Waals surface area contributed by atoms with Gasteiger partial charge in [0.1, 0.15) is 11.6 Å². The molecule has 5 nitrogen and oxygen atoms in total. The Kier molecular flexibility index (Phi) is 5.41. The molecule has 2 rings (SSSR count). The quantitative estimate of drug-likeness (QED) is 0.366. The highest BCUT2D eigenvalue weighted by molar-refractivity contribution is 7.98. The standard InChI is InChI=1S/C15H20N4OS/c1-4-10(2)11-7-5-6-8-12(11)20-14-9-13(19-16)17-15(18-14)21-3/h5-10H,4,16H2,1-3H3,(H,17,18,19). The minimum absolute atomic E-state index is 0.426. The highest BCUT2D eigenvalue weighted by Crippen LogP contribution is 2.32. The van der Waals surface area contributed by atoms with Crippen molar-refractivity contribution >= 4 is 17.6 Å². The molecule has 0 spiro atoms. The first-order valence-corrected chi connectivity index (χ1v) is 8.06. The Morgan fingerprint density at radius 3 is 2.76 bits per heavy atom. The molecular formula is C15H20N4OS. The minimum atomic E-state index is 0.426. The highest BCUT2D eigenvalue weighted by Gasteiger charge is 2.12. The monoisotopic (exact) mass is 304 g/mol. The first kappa shape index (κ1) is 15.6. The number of thioether (sulfide) groups is 1. The second-order valence-corrected chi connectivity index (χ2v) is 5.45. The molecule has 0 aliphatic rings. The molecule has 2 aromatic rings. The molecule has 1 unspecified atom stereocenters. The topological polar surface area (TPSA) is 73.1 Å². The van der Waals surface area contributed by atoms with Gasteiger partial charge < -0.3 is 10.2 Å². The van der Waals surface area contributed by atoms with E-state index >= 15 is 0 Å². The fourth-order valence-electron chi connectivity index (χ4n) is 1.93. The molecular weight excluding hydrogens is 284 g/mol. The lowest BCUT2D eigenvalue weighted by Gasteiger charge is -2.15. The highest BCUT2D eigenvalue weighted by atomic mass is 32.2. The Morgan fingerprint density at radius 1 is 1.33 bits per heavy atom. The zero-order valence-corrected chi connectivity index (χ0v) is 13.3. The number of aromatic nitrogens is 2. The van der Waals surface area contributed by atoms with Crippen molar-refractivity contribution < 1.29 is 4.74 Å². The van der Waals surface area contributed by atoms with Crippen molar-refractivity contribution in [3.63, 3.8) is 0 Å². The number of ether oxygens (including phenoxy) is 1. The van der Waals surface area contributed by atoms with E-state index in [2.05, 4.69) is 35.3 Å². The fraction of sp³-hybridized carbons (Fsp3) is 0.333. The lowest BCUT2D eigenvalue weighted by molar-refractivity contribution is 0.446. The van der Waals surface area contributed by atoms with Gasteiger partial charge in [-0.1, -0.05) is 43.8 Å². The molecule has 1 aromatic carbocycles. The van der Waals surface area contributed by atoms with Gasteiger partial charge >= 0.3 is 0 Å². The molecule has 3 N–H and O–H groups in total. The minimum Gasteiger partial charge on any atom is -0.439 e. The lowest BCUT2D eigenvalue weighted by Crippen LogP contribution is -2.09. The van der Waals surface area contributed by atoms with E-state index in [1.807, 2.05) is 24.5 Å². The van der Waals surface area contributed by atoms with E-state index in [0.29, 0.717) is 22.8 Å². The number of nitrogens with one attached hydrogen (secondary N) is 1. The van der Waals surface area contributed by atoms with Gasteiger partial charge in [-0.2, -0.15) is 4.98 Å². The van der Waals surface area contributed by atoms with Crippen LogP contribution in [0.3, 0.4) is 0 Å². The molecule has 0 fully saturated rings. The van der Waals surface area contributed by atoms with Gasteiger partial charge in [0.2, 0.25) is 5.88 Å². The summed E-state index contributed by atoms with van der Waals surface area (Å²) in [4.78, 5) is 8.58. The van der Waals surface area contributed by atoms with Gasteiger partial charge in [0.25, 0.3) is 0 Å². The molecule has 0 saturated carbocycles. The molecule has 0 bridgehead atoms. The van der Waals surface area contributed by atoms with Crippen LogP contribution in [-0.4, -0.2) is 16.2 Å². The maximum Gasteiger partial charge on any atom is 0.225 e. The van der Waals surface area contributed by atoms with Crippen molar-refractivity contribution in [2.45, 2.75) is 31.3 Å². The van der Waals surface area contributed by atoms with Gasteiger partial charge in [-0.05, 0) is 30.2 Å². The number of hydrogen-bond donors (Lipinski definition) is 2. The van der Waals surface area contributed by atoms with Crippen LogP contribution in [0.15, 0.2) is 35.5 Å². The number of nitrogens with zero attached hydrogens (tertiary/aromatic N) is 2. The first-order chi connectivity index (χ1) is 10.2. The summed E-state index contributed by atoms with van der Waals surface area (Å²) in [5.41, 5.74) is 3.70. The summed E-state index contributed by atoms with van der Waals surface area (Å²) < 4.78 is 5.96. The number of nitrogen functional groups attached to an aromatic ring is 1. The number of hydrazine groups is 1. The third-order valence-electron chi connectivity index (χ3n) is 3.29. The van der Waals surface area contributed by atoms with E-state index in [0.717, 1.165) is 12.2 Å². The Morgan fingerprint density at radius 2 is 2.10 bits per heavy atom. The molecule has 1 aromatic heterocycles. The molecule has 0 radical (unpaired) electrons. The van der Waals surface area contributed by atoms with E-state index in [1.54, 1.807) is 6.07 Å². The maximum absolute atomic E-state index is 5.96. The average Bonchev–Trinajstić information content (AvgIpc) is 2.54. The van der Waals surface area contributed by atoms with E-state index in [1.165, 1.54) is 17.3 Å². The normalized spacial score (nSPS) is 12.0. The number of benzene rings is 1. The van der Waals surface area contributed by atoms with Crippen LogP contribution < -0.4 is 16.0 Å². The molecule has 21 heavy (non-hydrogen) atoms. The predicted octanol–water partition coefficient (Wildman–Crippen LogP) is 3.79. The average molecular weight is 304 g/mol. The second-order valence-electron chi connectivity index (χ2n) is 4.67. The van der Waals surface area contributed by atoms with Crippen molar-refractivity contribution in [3.8, 4) is 11.6 Å². The van der Waals surface area contributed by atoms with Gasteiger partial charge in [0.05, 0.1) is 0 Å². The Labute approximate surface area is 129 Å². The summed E-state index contributed by atoms with van der Waals surface area (Å²) in [5, 5.41) is 0.612. The van der Waals surface area contributed by atoms with Gasteiger partial charge in [0.15, 0.2) is 5.16 Å². The molecule has 1 heterocycles. The molecule has 0 aliphatic heterocycles. The summed E-state index contributed by atoms with van der Waals surface area (Å²) in [7, 11) is 0. The Balaban J connectivity index is 2.34. The van der Waals surface area contributed by atoms with Crippen LogP contribution in [0.25, 0.3) is 0 Å². The maximum atomic E-state index is 5.96. The van der Waals surface area contributed by atoms with Crippen molar-refractivity contribution in [3.05, 3.63) is 35.9 Å². The lowest BCUT2D eigenvalue weighted by atomic mass is 9.98. The SMILES string of the molecule is CCC(C)c1ccccc1Oc1cc(NN)nc(SC)n1. The van der Waals surface area contributed by atoms with Crippen LogP contribution in [0.1, 0.15) is 31.7 Å². The van der Waals surface area contributed by atoms with Gasteiger partial charge in [-0.3, -0.25) is 0 Å². The number of para-hydroxylation sites is 1. The Bertz CT molecular complexity index is 584. The number of nitrogens with two attached hydrogens (primary N) is 1. The van der Waals surface area contributed by atoms with Crippen molar-refractivity contribution in [1.82, 2.24) is 9.97 Å². The summed E-state index contributed by atoms with van der Waals surface area (Å²) in [6.07, 6.45) is 2.96. The molecule has 112 valence electrons. The molecule has 6 heteroatoms. The zero-order valence-electron chi connectivity index (χ0n) is 12.5. The van der Waals surface area contributed by atoms with E-state index in [9.17, 15) is 0 Å². The second kappa shape index (κ2) is 7.28. The van der Waals surface area contributed by atoms with E-state index in [4.69, 9.17) is 10.6 Å². The summed E-state index contributed by atoms with van der Waals surface area (Å²) >= 11 is 1.44. The van der Waals surface area contributed by atoms with Crippen LogP contribution in [-0.2, 0) is 0 Å². The third kappa shape index (κ3) is 3.86. The third-order valence-corrected chi connectivity index (χ3v) is 3.84. The van der Waals surface area contributed by atoms with Gasteiger partial charge in [-0.25, -0.2) is 10.8 Å². The molecule has 0 saturated heterocycles. The van der Waals surface area contributed by atoms with E-state index in [-0.39, 0.29) is 0 Å². The van der Waals surface area contributed by atoms with Crippen molar-refractivity contribution in [1.29, 1.82) is 0 Å². The van der Waals surface area contributed by atoms with Crippen LogP contribution in [0.2, 0.25) is 0 Å². The van der Waals surface area contributed by atoms with Crippen molar-refractivity contribution in [2.75, 3.05) is 11.7 Å². The number of hydrogen-bond acceptors (Lipinski definition) is 6. The summed E-state index contributed by atoms with van der Waals surface area (Å²) in [6, 6.07) is 9.71. The van der Waals surface area contributed by atoms with Crippen LogP contribution in [0, 0.1) is 0 Å². The van der Waals surface area contributed by atoms with Gasteiger partial charge in [-0.15, -0.1) is 0 Å². The predicted molar refractivity (Wildman–Crippen MR) is 86.8 cm³/mol. The first-order valence-electron chi connectivity index (χ1n) is 6.84. The molecule has 0 amide bonds. The number of rotatable bonds is 6. The summed E-state index contributed by atoms with van der Waals surface area (Å²) in [6.45, 7) is 4.34. The number of anilines is 1. The Hall–Kier alpha value is -1.79. The summed E-state index contributed by atoms with van der Waals surface area (Å²) in [5.74, 6) is 7.69. The van der Waals surface area contributed by atoms with Crippen molar-refractivity contribution in [2.24, 2.45) is 5.84 Å². The van der Waals surface area contributed by atoms with Gasteiger partial charge in [0, 0.05) is 6.07 Å². The smallest absolute Gasteiger partial charge is 0.225 e. The van der Waals surface area contributed by atoms with Crippen LogP contribution in [0.5, 0.6) is 11.6 Å². The fourth-order valence-corrected chi connectivity index (χ4v) is 2.31. The van der Waals surface area contributed by atoms with Crippen LogP contribution in [0.4, 0.5) is 5.82 Å². The van der Waals surface area contributed by atoms with E-state index < -0.39 is 0 Å². The zero-order chi connectivity index (χ0) is 15.2. The van der Waals surface area contributed by atoms with Crippen LogP contribution >= 0.6 is 11.8 Å². The largest absolute Gasteiger partial charge is 0.439 e.